The van der Waals surface area contributed by atoms with E-state index in [1.807, 2.05) is 11.8 Å². The van der Waals surface area contributed by atoms with Crippen LogP contribution in [-0.4, -0.2) is 17.5 Å². The molecule has 0 fully saturated rings. The minimum absolute atomic E-state index is 0.336. The molecule has 0 saturated heterocycles. The van der Waals surface area contributed by atoms with Crippen LogP contribution in [-0.2, 0) is 5.75 Å². The maximum Gasteiger partial charge on any atom is 0.0431 e. The fourth-order valence-corrected chi connectivity index (χ4v) is 2.54. The van der Waals surface area contributed by atoms with Gasteiger partial charge in [0.2, 0.25) is 0 Å². The lowest BCUT2D eigenvalue weighted by molar-refractivity contribution is 0.284. The minimum atomic E-state index is 0.336. The second-order valence-corrected chi connectivity index (χ2v) is 4.87. The molecule has 15 heavy (non-hydrogen) atoms. The monoisotopic (exact) mass is 224 g/mol. The van der Waals surface area contributed by atoms with Gasteiger partial charge in [-0.2, -0.15) is 11.8 Å². The molecule has 0 heterocycles. The van der Waals surface area contributed by atoms with Crippen molar-refractivity contribution in [3.8, 4) is 0 Å². The molecule has 1 nitrogen and oxygen atoms in total. The van der Waals surface area contributed by atoms with Gasteiger partial charge in [0.05, 0.1) is 0 Å². The first kappa shape index (κ1) is 12.6. The van der Waals surface area contributed by atoms with Crippen LogP contribution in [0.4, 0.5) is 0 Å². The number of hydrogen-bond donors (Lipinski definition) is 1. The summed E-state index contributed by atoms with van der Waals surface area (Å²) in [6.45, 7) is 2.50. The van der Waals surface area contributed by atoms with Crippen LogP contribution >= 0.6 is 11.8 Å². The lowest BCUT2D eigenvalue weighted by Gasteiger charge is -2.04. The van der Waals surface area contributed by atoms with Crippen LogP contribution in [0.5, 0.6) is 0 Å². The van der Waals surface area contributed by atoms with Gasteiger partial charge in [0.1, 0.15) is 0 Å². The largest absolute Gasteiger partial charge is 0.396 e. The molecule has 0 saturated carbocycles. The van der Waals surface area contributed by atoms with Crippen LogP contribution in [0.3, 0.4) is 0 Å². The van der Waals surface area contributed by atoms with Gasteiger partial charge in [0.15, 0.2) is 0 Å². The minimum Gasteiger partial charge on any atom is -0.396 e. The van der Waals surface area contributed by atoms with Crippen molar-refractivity contribution >= 4 is 11.8 Å². The van der Waals surface area contributed by atoms with Crippen LogP contribution in [0.2, 0.25) is 0 Å². The van der Waals surface area contributed by atoms with Gasteiger partial charge in [-0.15, -0.1) is 0 Å². The van der Waals surface area contributed by atoms with Crippen molar-refractivity contribution in [3.63, 3.8) is 0 Å². The third-order valence-electron chi connectivity index (χ3n) is 2.47. The number of unbranched alkanes of at least 4 members (excludes halogenated alkanes) is 2. The van der Waals surface area contributed by atoms with Crippen molar-refractivity contribution in [2.45, 2.75) is 31.9 Å². The Kier molecular flexibility index (Phi) is 6.53. The van der Waals surface area contributed by atoms with Crippen LogP contribution in [0, 0.1) is 6.92 Å². The third kappa shape index (κ3) is 5.24. The van der Waals surface area contributed by atoms with E-state index in [0.717, 1.165) is 18.6 Å². The highest BCUT2D eigenvalue weighted by Gasteiger charge is 1.96. The Balaban J connectivity index is 2.12. The first-order chi connectivity index (χ1) is 7.34. The predicted octanol–water partition coefficient (Wildman–Crippen LogP) is 3.39. The van der Waals surface area contributed by atoms with Gasteiger partial charge in [0, 0.05) is 12.4 Å². The Morgan fingerprint density at radius 2 is 1.93 bits per heavy atom. The van der Waals surface area contributed by atoms with E-state index in [1.54, 1.807) is 0 Å². The van der Waals surface area contributed by atoms with E-state index in [9.17, 15) is 0 Å². The van der Waals surface area contributed by atoms with Crippen molar-refractivity contribution in [2.75, 3.05) is 12.4 Å². The summed E-state index contributed by atoms with van der Waals surface area (Å²) in [5.41, 5.74) is 2.84. The van der Waals surface area contributed by atoms with Crippen LogP contribution in [0.15, 0.2) is 24.3 Å². The average molecular weight is 224 g/mol. The molecule has 0 bridgehead atoms. The number of hydrogen-bond acceptors (Lipinski definition) is 2. The SMILES string of the molecule is Cc1ccccc1CSCCCCCO. The molecule has 1 aromatic carbocycles. The second-order valence-electron chi connectivity index (χ2n) is 3.76. The molecule has 0 amide bonds. The summed E-state index contributed by atoms with van der Waals surface area (Å²) in [6.07, 6.45) is 3.32. The van der Waals surface area contributed by atoms with E-state index < -0.39 is 0 Å². The summed E-state index contributed by atoms with van der Waals surface area (Å²) >= 11 is 1.99. The van der Waals surface area contributed by atoms with Crippen molar-refractivity contribution in [3.05, 3.63) is 35.4 Å². The van der Waals surface area contributed by atoms with Crippen LogP contribution < -0.4 is 0 Å². The van der Waals surface area contributed by atoms with Gasteiger partial charge in [0.25, 0.3) is 0 Å². The molecule has 1 aromatic rings. The maximum absolute atomic E-state index is 8.63. The fraction of sp³-hybridized carbons (Fsp3) is 0.538. The Labute approximate surface area is 96.9 Å². The predicted molar refractivity (Wildman–Crippen MR) is 68.3 cm³/mol. The Morgan fingerprint density at radius 3 is 2.67 bits per heavy atom. The molecule has 0 aliphatic heterocycles. The highest BCUT2D eigenvalue weighted by Crippen LogP contribution is 2.17. The molecule has 2 heteroatoms. The molecule has 1 rings (SSSR count). The fourth-order valence-electron chi connectivity index (χ4n) is 1.45. The number of aliphatic hydroxyl groups is 1. The quantitative estimate of drug-likeness (QED) is 0.716. The summed E-state index contributed by atoms with van der Waals surface area (Å²) in [5, 5.41) is 8.63. The van der Waals surface area contributed by atoms with Gasteiger partial charge in [-0.3, -0.25) is 0 Å². The summed E-state index contributed by atoms with van der Waals surface area (Å²) in [4.78, 5) is 0. The molecule has 1 N–H and O–H groups in total. The average Bonchev–Trinajstić information content (AvgIpc) is 2.25. The Hall–Kier alpha value is -0.470. The van der Waals surface area contributed by atoms with E-state index in [4.69, 9.17) is 5.11 Å². The van der Waals surface area contributed by atoms with E-state index in [-0.39, 0.29) is 0 Å². The molecule has 0 spiro atoms. The van der Waals surface area contributed by atoms with Gasteiger partial charge in [-0.25, -0.2) is 0 Å². The lowest BCUT2D eigenvalue weighted by Crippen LogP contribution is -1.88. The van der Waals surface area contributed by atoms with E-state index in [1.165, 1.54) is 23.3 Å². The zero-order chi connectivity index (χ0) is 10.9. The summed E-state index contributed by atoms with van der Waals surface area (Å²) < 4.78 is 0. The highest BCUT2D eigenvalue weighted by molar-refractivity contribution is 7.98. The molecule has 0 atom stereocenters. The zero-order valence-corrected chi connectivity index (χ0v) is 10.2. The Morgan fingerprint density at radius 1 is 1.13 bits per heavy atom. The molecule has 0 radical (unpaired) electrons. The lowest BCUT2D eigenvalue weighted by atomic mass is 10.1. The smallest absolute Gasteiger partial charge is 0.0431 e. The molecule has 0 aliphatic rings. The van der Waals surface area contributed by atoms with Crippen molar-refractivity contribution in [1.82, 2.24) is 0 Å². The summed E-state index contributed by atoms with van der Waals surface area (Å²) in [6, 6.07) is 8.57. The Bertz CT molecular complexity index is 273. The van der Waals surface area contributed by atoms with Crippen molar-refractivity contribution in [2.24, 2.45) is 0 Å². The van der Waals surface area contributed by atoms with Gasteiger partial charge < -0.3 is 5.11 Å². The molecule has 0 aromatic heterocycles. The summed E-state index contributed by atoms with van der Waals surface area (Å²) in [7, 11) is 0. The number of rotatable bonds is 7. The standard InChI is InChI=1S/C13H20OS/c1-12-7-3-4-8-13(12)11-15-10-6-2-5-9-14/h3-4,7-8,14H,2,5-6,9-11H2,1H3. The number of aliphatic hydroxyl groups excluding tert-OH is 1. The maximum atomic E-state index is 8.63. The molecule has 84 valence electrons. The van der Waals surface area contributed by atoms with Gasteiger partial charge >= 0.3 is 0 Å². The zero-order valence-electron chi connectivity index (χ0n) is 9.41. The van der Waals surface area contributed by atoms with Gasteiger partial charge in [-0.05, 0) is 36.6 Å². The number of aryl methyl sites for hydroxylation is 1. The molecular weight excluding hydrogens is 204 g/mol. The number of thioether (sulfide) groups is 1. The van der Waals surface area contributed by atoms with E-state index in [2.05, 4.69) is 31.2 Å². The molecule has 0 aliphatic carbocycles. The third-order valence-corrected chi connectivity index (χ3v) is 3.56. The highest BCUT2D eigenvalue weighted by atomic mass is 32.2. The second kappa shape index (κ2) is 7.77. The van der Waals surface area contributed by atoms with Crippen molar-refractivity contribution in [1.29, 1.82) is 0 Å². The number of benzene rings is 1. The van der Waals surface area contributed by atoms with Crippen LogP contribution in [0.25, 0.3) is 0 Å². The van der Waals surface area contributed by atoms with E-state index >= 15 is 0 Å². The molecule has 0 unspecified atom stereocenters. The normalized spacial score (nSPS) is 10.5. The van der Waals surface area contributed by atoms with Crippen molar-refractivity contribution < 1.29 is 5.11 Å². The summed E-state index contributed by atoms with van der Waals surface area (Å²) in [5.74, 6) is 2.32. The van der Waals surface area contributed by atoms with Gasteiger partial charge in [-0.1, -0.05) is 30.7 Å². The first-order valence-corrected chi connectivity index (χ1v) is 6.73. The topological polar surface area (TPSA) is 20.2 Å². The molecular formula is C13H20OS. The first-order valence-electron chi connectivity index (χ1n) is 5.57. The van der Waals surface area contributed by atoms with E-state index in [0.29, 0.717) is 6.61 Å². The van der Waals surface area contributed by atoms with Crippen LogP contribution in [0.1, 0.15) is 30.4 Å².